The van der Waals surface area contributed by atoms with Gasteiger partial charge in [-0.1, -0.05) is 107 Å². The number of nitrogens with one attached hydrogen (secondary N) is 1. The van der Waals surface area contributed by atoms with Crippen molar-refractivity contribution in [3.8, 4) is 65.9 Å². The lowest BCUT2D eigenvalue weighted by Crippen LogP contribution is -2.38. The van der Waals surface area contributed by atoms with Crippen LogP contribution < -0.4 is 5.32 Å². The summed E-state index contributed by atoms with van der Waals surface area (Å²) in [5.41, 5.74) is 8.43. The van der Waals surface area contributed by atoms with Crippen molar-refractivity contribution < 1.29 is 38.9 Å². The summed E-state index contributed by atoms with van der Waals surface area (Å²) in [7, 11) is 1.32. The van der Waals surface area contributed by atoms with E-state index < -0.39 is 17.9 Å². The molecule has 9 rings (SSSR count). The highest BCUT2D eigenvalue weighted by Gasteiger charge is 2.21. The Bertz CT molecular complexity index is 3230. The molecule has 69 heavy (non-hydrogen) atoms. The zero-order chi connectivity index (χ0) is 48.8. The number of carboxylic acid groups (broad SMARTS) is 2. The summed E-state index contributed by atoms with van der Waals surface area (Å²) < 4.78 is 10.3. The fourth-order valence-electron chi connectivity index (χ4n) is 7.41. The molecular formula is C52H37Cl4N3O8S2. The molecule has 0 aliphatic carbocycles. The molecule has 17 heteroatoms. The molecule has 3 N–H and O–H groups in total. The Labute approximate surface area is 423 Å². The van der Waals surface area contributed by atoms with Crippen LogP contribution in [0, 0.1) is 0 Å². The van der Waals surface area contributed by atoms with Crippen molar-refractivity contribution in [2.45, 2.75) is 18.9 Å². The third-order valence-corrected chi connectivity index (χ3v) is 14.3. The molecule has 3 heterocycles. The first-order chi connectivity index (χ1) is 33.3. The summed E-state index contributed by atoms with van der Waals surface area (Å²) in [5, 5.41) is 29.1. The van der Waals surface area contributed by atoms with Crippen molar-refractivity contribution in [3.05, 3.63) is 174 Å². The summed E-state index contributed by atoms with van der Waals surface area (Å²) in [6.07, 6.45) is 1.60. The number of rotatable bonds is 11. The zero-order valence-electron chi connectivity index (χ0n) is 36.2. The van der Waals surface area contributed by atoms with E-state index >= 15 is 0 Å². The van der Waals surface area contributed by atoms with Gasteiger partial charge in [-0.3, -0.25) is 4.79 Å². The average Bonchev–Trinajstić information content (AvgIpc) is 4.08. The van der Waals surface area contributed by atoms with Crippen LogP contribution in [0.3, 0.4) is 0 Å². The van der Waals surface area contributed by atoms with Gasteiger partial charge in [0.05, 0.1) is 55.3 Å². The molecule has 2 aromatic heterocycles. The number of aromatic nitrogens is 2. The summed E-state index contributed by atoms with van der Waals surface area (Å²) >= 11 is 27.1. The third-order valence-electron chi connectivity index (χ3n) is 11.1. The van der Waals surface area contributed by atoms with Crippen molar-refractivity contribution in [2.75, 3.05) is 20.3 Å². The zero-order valence-corrected chi connectivity index (χ0v) is 40.8. The van der Waals surface area contributed by atoms with Crippen LogP contribution in [0.15, 0.2) is 132 Å². The number of halogens is 4. The largest absolute Gasteiger partial charge is 0.478 e. The van der Waals surface area contributed by atoms with E-state index in [1.807, 2.05) is 35.0 Å². The monoisotopic (exact) mass is 1040 g/mol. The van der Waals surface area contributed by atoms with E-state index in [4.69, 9.17) is 61.0 Å². The van der Waals surface area contributed by atoms with Gasteiger partial charge in [0.15, 0.2) is 0 Å². The Morgan fingerprint density at radius 3 is 1.48 bits per heavy atom. The lowest BCUT2D eigenvalue weighted by atomic mass is 9.96. The Kier molecular flexibility index (Phi) is 15.6. The first kappa shape index (κ1) is 49.0. The van der Waals surface area contributed by atoms with Gasteiger partial charge in [-0.15, -0.1) is 22.7 Å². The number of hydrogen-bond acceptors (Lipinski definition) is 10. The van der Waals surface area contributed by atoms with Gasteiger partial charge in [0, 0.05) is 57.8 Å². The van der Waals surface area contributed by atoms with E-state index in [1.54, 1.807) is 84.9 Å². The second-order valence-electron chi connectivity index (χ2n) is 15.5. The molecule has 0 unspecified atom stereocenters. The Balaban J connectivity index is 0.000000188. The predicted octanol–water partition coefficient (Wildman–Crippen LogP) is 14.0. The number of esters is 1. The van der Waals surface area contributed by atoms with E-state index in [0.29, 0.717) is 77.3 Å². The smallest absolute Gasteiger partial charge is 0.338 e. The van der Waals surface area contributed by atoms with E-state index in [9.17, 15) is 24.3 Å². The van der Waals surface area contributed by atoms with Crippen LogP contribution in [0.4, 0.5) is 0 Å². The summed E-state index contributed by atoms with van der Waals surface area (Å²) in [6, 6.07) is 34.7. The maximum absolute atomic E-state index is 12.6. The molecule has 0 radical (unpaired) electrons. The quantitative estimate of drug-likeness (QED) is 0.106. The van der Waals surface area contributed by atoms with Crippen molar-refractivity contribution in [3.63, 3.8) is 0 Å². The number of hydrogen-bond donors (Lipinski definition) is 3. The number of methoxy groups -OCH3 is 1. The summed E-state index contributed by atoms with van der Waals surface area (Å²) in [4.78, 5) is 57.7. The molecule has 1 amide bonds. The maximum Gasteiger partial charge on any atom is 0.338 e. The van der Waals surface area contributed by atoms with Gasteiger partial charge in [0.2, 0.25) is 0 Å². The number of carbonyl (C=O) groups is 4. The molecule has 0 saturated carbocycles. The maximum atomic E-state index is 12.6. The van der Waals surface area contributed by atoms with Crippen molar-refractivity contribution in [1.29, 1.82) is 0 Å². The number of carbonyl (C=O) groups excluding carboxylic acids is 2. The molecule has 11 nitrogen and oxygen atoms in total. The lowest BCUT2D eigenvalue weighted by molar-refractivity contribution is 0.0599. The summed E-state index contributed by atoms with van der Waals surface area (Å²) in [5.74, 6) is -2.69. The molecule has 0 bridgehead atoms. The van der Waals surface area contributed by atoms with Gasteiger partial charge < -0.3 is 25.0 Å². The number of nitrogens with zero attached hydrogens (tertiary/aromatic N) is 2. The van der Waals surface area contributed by atoms with Crippen LogP contribution in [0.25, 0.3) is 65.9 Å². The molecule has 1 aliphatic heterocycles. The highest BCUT2D eigenvalue weighted by atomic mass is 35.5. The van der Waals surface area contributed by atoms with Gasteiger partial charge in [-0.05, 0) is 95.8 Å². The minimum Gasteiger partial charge on any atom is -0.478 e. The van der Waals surface area contributed by atoms with Crippen molar-refractivity contribution in [2.24, 2.45) is 0 Å². The molecule has 6 aromatic carbocycles. The molecule has 0 atom stereocenters. The standard InChI is InChI=1S/C28H22Cl2N2O4S.C24H15Cl2NO4S/c29-23-8-6-18(14-24(23)30)25-15-37-27(32-25)19-5-7-21(22(13-19)28(34)35)16-1-3-17(4-2-16)26(33)31-20-9-11-36-12-10-20;1-31-24(30)18-10-16(6-8-17(18)13-2-4-14(5-3-13)23(28)29)22-27-21(12-32-22)15-7-9-19(25)20(26)11-15/h1-8,13-15,20H,9-12H2,(H,31,33)(H,34,35);2-12H,1H3,(H,28,29). The molecule has 1 aliphatic rings. The molecular weight excluding hydrogens is 1000 g/mol. The molecule has 0 spiro atoms. The Morgan fingerprint density at radius 1 is 0.565 bits per heavy atom. The van der Waals surface area contributed by atoms with E-state index in [2.05, 4.69) is 15.3 Å². The third kappa shape index (κ3) is 11.5. The van der Waals surface area contributed by atoms with Gasteiger partial charge >= 0.3 is 17.9 Å². The number of ether oxygens (including phenoxy) is 2. The van der Waals surface area contributed by atoms with Gasteiger partial charge in [-0.25, -0.2) is 24.4 Å². The first-order valence-electron chi connectivity index (χ1n) is 21.0. The van der Waals surface area contributed by atoms with E-state index in [1.165, 1.54) is 41.9 Å². The number of carboxylic acids is 2. The second-order valence-corrected chi connectivity index (χ2v) is 18.8. The van der Waals surface area contributed by atoms with Crippen molar-refractivity contribution in [1.82, 2.24) is 15.3 Å². The predicted molar refractivity (Wildman–Crippen MR) is 273 cm³/mol. The molecule has 1 fully saturated rings. The number of thiazole rings is 2. The molecule has 1 saturated heterocycles. The SMILES string of the molecule is COC(=O)c1cc(-c2nc(-c3ccc(Cl)c(Cl)c3)cs2)ccc1-c1ccc(C(=O)O)cc1.O=C(NC1CCOCC1)c1ccc(-c2ccc(-c3nc(-c4ccc(Cl)c(Cl)c4)cs3)cc2C(=O)O)cc1. The molecule has 8 aromatic rings. The topological polar surface area (TPSA) is 165 Å². The van der Waals surface area contributed by atoms with Crippen molar-refractivity contribution >= 4 is 92.9 Å². The number of benzene rings is 6. The van der Waals surface area contributed by atoms with Gasteiger partial charge in [0.25, 0.3) is 5.91 Å². The van der Waals surface area contributed by atoms with E-state index in [-0.39, 0.29) is 23.1 Å². The van der Waals surface area contributed by atoms with Crippen LogP contribution >= 0.6 is 69.1 Å². The average molecular weight is 1040 g/mol. The van der Waals surface area contributed by atoms with Crippen LogP contribution in [-0.2, 0) is 9.47 Å². The lowest BCUT2D eigenvalue weighted by Gasteiger charge is -2.23. The Morgan fingerprint density at radius 2 is 1.01 bits per heavy atom. The normalized spacial score (nSPS) is 12.4. The van der Waals surface area contributed by atoms with Crippen LogP contribution in [0.5, 0.6) is 0 Å². The fourth-order valence-corrected chi connectivity index (χ4v) is 9.66. The highest BCUT2D eigenvalue weighted by molar-refractivity contribution is 7.13. The molecule has 348 valence electrons. The number of aromatic carboxylic acids is 2. The minimum absolute atomic E-state index is 0.107. The summed E-state index contributed by atoms with van der Waals surface area (Å²) in [6.45, 7) is 1.30. The first-order valence-corrected chi connectivity index (χ1v) is 24.3. The van der Waals surface area contributed by atoms with Gasteiger partial charge in [0.1, 0.15) is 10.0 Å². The second kappa shape index (κ2) is 21.9. The minimum atomic E-state index is -1.04. The van der Waals surface area contributed by atoms with E-state index in [0.717, 1.165) is 45.9 Å². The Hall–Kier alpha value is -6.42. The van der Waals surface area contributed by atoms with Gasteiger partial charge in [-0.2, -0.15) is 0 Å². The number of amides is 1. The van der Waals surface area contributed by atoms with Crippen LogP contribution in [0.2, 0.25) is 20.1 Å². The van der Waals surface area contributed by atoms with Crippen LogP contribution in [0.1, 0.15) is 54.3 Å². The highest BCUT2D eigenvalue weighted by Crippen LogP contribution is 2.37. The van der Waals surface area contributed by atoms with Crippen LogP contribution in [-0.4, -0.2) is 70.4 Å². The fraction of sp³-hybridized carbons (Fsp3) is 0.115.